The number of nitrogens with zero attached hydrogens (tertiary/aromatic N) is 3. The maximum atomic E-state index is 14.1. The zero-order valence-electron chi connectivity index (χ0n) is 31.7. The maximum absolute atomic E-state index is 14.1. The number of hydrogen-bond donors (Lipinski definition) is 3. The molecule has 52 heavy (non-hydrogen) atoms. The number of halogens is 2. The first kappa shape index (κ1) is 42.9. The molecule has 1 aliphatic heterocycles. The highest BCUT2D eigenvalue weighted by molar-refractivity contribution is 7.09. The summed E-state index contributed by atoms with van der Waals surface area (Å²) in [5.41, 5.74) is 1.17. The number of piperidine rings is 1. The van der Waals surface area contributed by atoms with Crippen LogP contribution < -0.4 is 10.6 Å². The molecule has 3 rings (SSSR count). The van der Waals surface area contributed by atoms with Gasteiger partial charge in [0.15, 0.2) is 0 Å². The molecule has 1 aromatic heterocycles. The molecule has 1 fully saturated rings. The van der Waals surface area contributed by atoms with E-state index in [1.807, 2.05) is 65.0 Å². The number of carbonyl (C=O) groups excluding carboxylic acids is 3. The van der Waals surface area contributed by atoms with Crippen molar-refractivity contribution in [2.75, 3.05) is 27.2 Å². The molecule has 7 atom stereocenters. The highest BCUT2D eigenvalue weighted by Crippen LogP contribution is 2.32. The van der Waals surface area contributed by atoms with E-state index in [1.165, 1.54) is 23.3 Å². The summed E-state index contributed by atoms with van der Waals surface area (Å²) in [6, 6.07) is 7.18. The van der Waals surface area contributed by atoms with Crippen molar-refractivity contribution in [1.29, 1.82) is 0 Å². The van der Waals surface area contributed by atoms with Gasteiger partial charge in [-0.2, -0.15) is 0 Å². The van der Waals surface area contributed by atoms with Crippen LogP contribution in [0.2, 0.25) is 0 Å². The predicted molar refractivity (Wildman–Crippen MR) is 197 cm³/mol. The number of nitrogens with one attached hydrogen (secondary N) is 2. The van der Waals surface area contributed by atoms with Gasteiger partial charge in [-0.3, -0.25) is 24.1 Å². The Morgan fingerprint density at radius 2 is 1.77 bits per heavy atom. The number of ether oxygens (including phenoxy) is 1. The van der Waals surface area contributed by atoms with Gasteiger partial charge in [0, 0.05) is 44.0 Å². The van der Waals surface area contributed by atoms with Gasteiger partial charge in [-0.1, -0.05) is 71.4 Å². The van der Waals surface area contributed by atoms with E-state index in [-0.39, 0.29) is 48.7 Å². The smallest absolute Gasteiger partial charge is 0.306 e. The number of likely N-dealkylation sites (N-methyl/N-ethyl adjacent to an activating group) is 2. The largest absolute Gasteiger partial charge is 0.481 e. The monoisotopic (exact) mass is 749 g/mol. The van der Waals surface area contributed by atoms with Gasteiger partial charge in [0.2, 0.25) is 11.8 Å². The molecule has 1 unspecified atom stereocenters. The molecule has 1 aromatic carbocycles. The lowest BCUT2D eigenvalue weighted by Crippen LogP contribution is -2.59. The van der Waals surface area contributed by atoms with Crippen molar-refractivity contribution in [2.45, 2.75) is 116 Å². The van der Waals surface area contributed by atoms with Crippen LogP contribution in [-0.2, 0) is 25.5 Å². The summed E-state index contributed by atoms with van der Waals surface area (Å²) >= 11 is 1.28. The first-order valence-corrected chi connectivity index (χ1v) is 19.1. The molecule has 11 nitrogen and oxygen atoms in total. The van der Waals surface area contributed by atoms with Crippen LogP contribution in [-0.4, -0.2) is 101 Å². The standard InChI is InChI=1S/C38H57F2N5O6S/c1-9-24(5)32(43-34(47)29-16-17-38(39,40)22-44(29)7)36(48)45(8)30(23(3)4)20-31(51-10-2)35-42-28(21-52-35)33(46)41-27(18-25(6)37(49)50)19-26-14-12-11-13-15-26/h11-15,21,23-25,27,29-32H,9-10,16-20,22H2,1-8H3,(H,41,46)(H,43,47)(H,49,50)/t24-,25-,27+,29?,30+,31+,32-/m0/s1. The van der Waals surface area contributed by atoms with E-state index in [4.69, 9.17) is 4.74 Å². The second kappa shape index (κ2) is 19.5. The van der Waals surface area contributed by atoms with Crippen LogP contribution in [0, 0.1) is 17.8 Å². The number of carbonyl (C=O) groups is 4. The molecule has 0 aliphatic carbocycles. The third-order valence-corrected chi connectivity index (χ3v) is 11.0. The number of benzene rings is 1. The zero-order chi connectivity index (χ0) is 38.7. The van der Waals surface area contributed by atoms with Crippen LogP contribution in [0.3, 0.4) is 0 Å². The van der Waals surface area contributed by atoms with Gasteiger partial charge >= 0.3 is 5.97 Å². The first-order valence-electron chi connectivity index (χ1n) is 18.3. The number of aromatic nitrogens is 1. The van der Waals surface area contributed by atoms with E-state index in [1.54, 1.807) is 24.3 Å². The Labute approximate surface area is 310 Å². The molecule has 14 heteroatoms. The second-order valence-corrected chi connectivity index (χ2v) is 15.4. The van der Waals surface area contributed by atoms with Crippen LogP contribution in [0.15, 0.2) is 35.7 Å². The molecule has 1 saturated heterocycles. The van der Waals surface area contributed by atoms with E-state index in [2.05, 4.69) is 15.6 Å². The number of hydrogen-bond acceptors (Lipinski definition) is 8. The molecule has 3 N–H and O–H groups in total. The minimum Gasteiger partial charge on any atom is -0.481 e. The summed E-state index contributed by atoms with van der Waals surface area (Å²) < 4.78 is 34.1. The van der Waals surface area contributed by atoms with Crippen molar-refractivity contribution in [1.82, 2.24) is 25.4 Å². The number of rotatable bonds is 19. The number of carboxylic acid groups (broad SMARTS) is 1. The number of alkyl halides is 2. The zero-order valence-corrected chi connectivity index (χ0v) is 32.6. The van der Waals surface area contributed by atoms with Gasteiger partial charge in [-0.25, -0.2) is 13.8 Å². The molecule has 3 amide bonds. The Balaban J connectivity index is 1.77. The lowest BCUT2D eigenvalue weighted by molar-refractivity contribution is -0.143. The molecule has 0 bridgehead atoms. The molecular weight excluding hydrogens is 693 g/mol. The third kappa shape index (κ3) is 12.0. The Morgan fingerprint density at radius 1 is 1.10 bits per heavy atom. The van der Waals surface area contributed by atoms with Gasteiger partial charge in [-0.15, -0.1) is 11.3 Å². The summed E-state index contributed by atoms with van der Waals surface area (Å²) in [5, 5.41) is 17.7. The minimum absolute atomic E-state index is 0.000207. The molecule has 0 radical (unpaired) electrons. The van der Waals surface area contributed by atoms with Gasteiger partial charge in [0.1, 0.15) is 22.8 Å². The van der Waals surface area contributed by atoms with E-state index < -0.39 is 60.4 Å². The predicted octanol–water partition coefficient (Wildman–Crippen LogP) is 5.81. The minimum atomic E-state index is -2.85. The van der Waals surface area contributed by atoms with Crippen LogP contribution in [0.5, 0.6) is 0 Å². The second-order valence-electron chi connectivity index (χ2n) is 14.5. The highest BCUT2D eigenvalue weighted by atomic mass is 32.1. The van der Waals surface area contributed by atoms with Crippen molar-refractivity contribution in [2.24, 2.45) is 17.8 Å². The van der Waals surface area contributed by atoms with Gasteiger partial charge in [0.05, 0.1) is 18.5 Å². The normalized spacial score (nSPS) is 19.6. The molecule has 290 valence electrons. The fraction of sp³-hybridized carbons (Fsp3) is 0.658. The Morgan fingerprint density at radius 3 is 2.35 bits per heavy atom. The van der Waals surface area contributed by atoms with Crippen LogP contribution in [0.25, 0.3) is 0 Å². The maximum Gasteiger partial charge on any atom is 0.306 e. The lowest BCUT2D eigenvalue weighted by atomic mass is 9.92. The van der Waals surface area contributed by atoms with Crippen LogP contribution in [0.1, 0.15) is 101 Å². The average Bonchev–Trinajstić information content (AvgIpc) is 3.58. The molecule has 2 aromatic rings. The Hall–Kier alpha value is -3.49. The lowest BCUT2D eigenvalue weighted by Gasteiger charge is -2.39. The first-order chi connectivity index (χ1) is 24.5. The topological polar surface area (TPSA) is 141 Å². The fourth-order valence-corrected chi connectivity index (χ4v) is 7.59. The number of carboxylic acids is 1. The number of thiazole rings is 1. The summed E-state index contributed by atoms with van der Waals surface area (Å²) in [4.78, 5) is 60.3. The molecule has 1 aliphatic rings. The van der Waals surface area contributed by atoms with Crippen molar-refractivity contribution < 1.29 is 37.8 Å². The van der Waals surface area contributed by atoms with E-state index in [0.29, 0.717) is 30.9 Å². The van der Waals surface area contributed by atoms with E-state index >= 15 is 0 Å². The van der Waals surface area contributed by atoms with Gasteiger partial charge in [-0.05, 0) is 50.6 Å². The number of aliphatic carboxylic acids is 1. The third-order valence-electron chi connectivity index (χ3n) is 10.1. The molecular formula is C38H57F2N5O6S. The van der Waals surface area contributed by atoms with Crippen molar-refractivity contribution in [3.05, 3.63) is 52.0 Å². The van der Waals surface area contributed by atoms with Crippen molar-refractivity contribution >= 4 is 35.0 Å². The highest BCUT2D eigenvalue weighted by Gasteiger charge is 2.42. The SMILES string of the molecule is CCO[C@H](C[C@H](C(C)C)N(C)C(=O)[C@@H](NC(=O)C1CCC(F)(F)CN1C)[C@@H](C)CC)c1nc(C(=O)N[C@@H](Cc2ccccc2)C[C@H](C)C(=O)O)cs1. The summed E-state index contributed by atoms with van der Waals surface area (Å²) in [6.45, 7) is 11.1. The van der Waals surface area contributed by atoms with Crippen LogP contribution in [0.4, 0.5) is 8.78 Å². The van der Waals surface area contributed by atoms with E-state index in [0.717, 1.165) is 5.56 Å². The summed E-state index contributed by atoms with van der Waals surface area (Å²) in [7, 11) is 3.21. The van der Waals surface area contributed by atoms with Crippen LogP contribution >= 0.6 is 11.3 Å². The van der Waals surface area contributed by atoms with Crippen molar-refractivity contribution in [3.8, 4) is 0 Å². The number of amides is 3. The molecule has 0 spiro atoms. The summed E-state index contributed by atoms with van der Waals surface area (Å²) in [6.07, 6.45) is 0.768. The average molecular weight is 750 g/mol. The molecule has 2 heterocycles. The Bertz CT molecular complexity index is 1480. The van der Waals surface area contributed by atoms with Gasteiger partial charge in [0.25, 0.3) is 11.8 Å². The summed E-state index contributed by atoms with van der Waals surface area (Å²) in [5.74, 6) is -5.81. The number of likely N-dealkylation sites (tertiary alicyclic amines) is 1. The Kier molecular flexibility index (Phi) is 16.1. The fourth-order valence-electron chi connectivity index (χ4n) is 6.73. The van der Waals surface area contributed by atoms with Gasteiger partial charge < -0.3 is 25.4 Å². The van der Waals surface area contributed by atoms with E-state index in [9.17, 15) is 33.1 Å². The van der Waals surface area contributed by atoms with Crippen molar-refractivity contribution in [3.63, 3.8) is 0 Å². The molecule has 0 saturated carbocycles. The quantitative estimate of drug-likeness (QED) is 0.164.